The molecule has 2 amide bonds. The Morgan fingerprint density at radius 2 is 1.66 bits per heavy atom. The highest BCUT2D eigenvalue weighted by atomic mass is 79.9. The lowest BCUT2D eigenvalue weighted by atomic mass is 10.1. The maximum Gasteiger partial charge on any atom is 0.272 e. The van der Waals surface area contributed by atoms with Gasteiger partial charge in [0.25, 0.3) is 11.8 Å². The van der Waals surface area contributed by atoms with Crippen LogP contribution in [0.4, 0.5) is 5.69 Å². The van der Waals surface area contributed by atoms with Crippen LogP contribution in [0.25, 0.3) is 6.08 Å². The summed E-state index contributed by atoms with van der Waals surface area (Å²) in [5.74, 6) is -0.738. The van der Waals surface area contributed by atoms with Gasteiger partial charge in [0.1, 0.15) is 5.70 Å². The van der Waals surface area contributed by atoms with Gasteiger partial charge >= 0.3 is 0 Å². The molecule has 0 fully saturated rings. The molecule has 4 nitrogen and oxygen atoms in total. The molecule has 0 radical (unpaired) electrons. The predicted octanol–water partition coefficient (Wildman–Crippen LogP) is 5.58. The van der Waals surface area contributed by atoms with Crippen LogP contribution in [0, 0.1) is 0 Å². The molecule has 3 aromatic carbocycles. The number of halogens is 1. The highest BCUT2D eigenvalue weighted by molar-refractivity contribution is 9.10. The summed E-state index contributed by atoms with van der Waals surface area (Å²) in [7, 11) is 0. The summed E-state index contributed by atoms with van der Waals surface area (Å²) in [4.78, 5) is 26.6. The second-order valence-corrected chi connectivity index (χ2v) is 7.91. The minimum Gasteiger partial charge on any atom is -0.321 e. The van der Waals surface area contributed by atoms with E-state index >= 15 is 0 Å². The van der Waals surface area contributed by atoms with Gasteiger partial charge in [-0.15, -0.1) is 11.8 Å². The summed E-state index contributed by atoms with van der Waals surface area (Å²) in [6.45, 7) is 0. The Bertz CT molecular complexity index is 1030. The molecule has 3 aromatic rings. The van der Waals surface area contributed by atoms with E-state index in [1.165, 1.54) is 0 Å². The molecule has 0 bridgehead atoms. The molecule has 146 valence electrons. The van der Waals surface area contributed by atoms with E-state index < -0.39 is 5.91 Å². The van der Waals surface area contributed by atoms with Gasteiger partial charge in [0.05, 0.1) is 0 Å². The van der Waals surface area contributed by atoms with Gasteiger partial charge in [-0.3, -0.25) is 9.59 Å². The Kier molecular flexibility index (Phi) is 7.27. The van der Waals surface area contributed by atoms with Crippen molar-refractivity contribution in [3.8, 4) is 0 Å². The van der Waals surface area contributed by atoms with Crippen LogP contribution < -0.4 is 10.6 Å². The van der Waals surface area contributed by atoms with E-state index in [1.54, 1.807) is 42.1 Å². The lowest BCUT2D eigenvalue weighted by Crippen LogP contribution is -2.30. The third-order valence-electron chi connectivity index (χ3n) is 4.04. The fraction of sp³-hybridized carbons (Fsp3) is 0.0435. The van der Waals surface area contributed by atoms with Gasteiger partial charge in [-0.05, 0) is 60.4 Å². The lowest BCUT2D eigenvalue weighted by molar-refractivity contribution is -0.113. The molecule has 6 heteroatoms. The number of anilines is 1. The average Bonchev–Trinajstić information content (AvgIpc) is 2.75. The zero-order chi connectivity index (χ0) is 20.6. The molecule has 3 rings (SSSR count). The summed E-state index contributed by atoms with van der Waals surface area (Å²) < 4.78 is 0.933. The van der Waals surface area contributed by atoms with Crippen molar-refractivity contribution in [3.05, 3.63) is 100 Å². The fourth-order valence-electron chi connectivity index (χ4n) is 2.57. The number of amides is 2. The van der Waals surface area contributed by atoms with Crippen LogP contribution in [0.3, 0.4) is 0 Å². The zero-order valence-corrected chi connectivity index (χ0v) is 18.1. The minimum absolute atomic E-state index is 0.163. The fourth-order valence-corrected chi connectivity index (χ4v) is 3.29. The largest absolute Gasteiger partial charge is 0.321 e. The van der Waals surface area contributed by atoms with E-state index in [0.717, 1.165) is 14.9 Å². The Morgan fingerprint density at radius 3 is 2.34 bits per heavy atom. The molecule has 29 heavy (non-hydrogen) atoms. The molecular formula is C23H19BrN2O2S. The Balaban J connectivity index is 1.87. The quantitative estimate of drug-likeness (QED) is 0.368. The van der Waals surface area contributed by atoms with Crippen molar-refractivity contribution < 1.29 is 9.59 Å². The summed E-state index contributed by atoms with van der Waals surface area (Å²) in [5.41, 5.74) is 2.10. The van der Waals surface area contributed by atoms with Gasteiger partial charge in [-0.1, -0.05) is 52.3 Å². The van der Waals surface area contributed by atoms with Gasteiger partial charge in [-0.25, -0.2) is 0 Å². The highest BCUT2D eigenvalue weighted by Crippen LogP contribution is 2.20. The first-order valence-corrected chi connectivity index (χ1v) is 10.9. The van der Waals surface area contributed by atoms with Gasteiger partial charge in [0, 0.05) is 20.6 Å². The van der Waals surface area contributed by atoms with Crippen molar-refractivity contribution in [1.82, 2.24) is 5.32 Å². The number of rotatable bonds is 6. The Labute approximate surface area is 182 Å². The smallest absolute Gasteiger partial charge is 0.272 e. The third kappa shape index (κ3) is 6.07. The van der Waals surface area contributed by atoms with Crippen LogP contribution in [0.2, 0.25) is 0 Å². The molecule has 0 saturated heterocycles. The van der Waals surface area contributed by atoms with E-state index in [0.29, 0.717) is 11.3 Å². The van der Waals surface area contributed by atoms with Crippen molar-refractivity contribution in [1.29, 1.82) is 0 Å². The number of thioether (sulfide) groups is 1. The average molecular weight is 467 g/mol. The third-order valence-corrected chi connectivity index (χ3v) is 5.29. The van der Waals surface area contributed by atoms with E-state index in [1.807, 2.05) is 60.9 Å². The minimum atomic E-state index is -0.393. The number of hydrogen-bond donors (Lipinski definition) is 2. The number of nitrogens with one attached hydrogen (secondary N) is 2. The van der Waals surface area contributed by atoms with Gasteiger partial charge in [-0.2, -0.15) is 0 Å². The topological polar surface area (TPSA) is 58.2 Å². The molecule has 0 aliphatic carbocycles. The normalized spacial score (nSPS) is 11.0. The van der Waals surface area contributed by atoms with Crippen LogP contribution in [-0.2, 0) is 4.79 Å². The first-order valence-electron chi connectivity index (χ1n) is 8.84. The molecule has 0 heterocycles. The van der Waals surface area contributed by atoms with Crippen LogP contribution >= 0.6 is 27.7 Å². The molecule has 0 unspecified atom stereocenters. The lowest BCUT2D eigenvalue weighted by Gasteiger charge is -2.12. The molecule has 0 spiro atoms. The summed E-state index contributed by atoms with van der Waals surface area (Å²) in [6.07, 6.45) is 3.63. The predicted molar refractivity (Wildman–Crippen MR) is 123 cm³/mol. The van der Waals surface area contributed by atoms with Gasteiger partial charge < -0.3 is 10.6 Å². The van der Waals surface area contributed by atoms with Gasteiger partial charge in [0.15, 0.2) is 0 Å². The number of benzene rings is 3. The molecule has 0 aromatic heterocycles. The first kappa shape index (κ1) is 20.9. The molecule has 0 saturated carbocycles. The molecular weight excluding hydrogens is 448 g/mol. The summed E-state index contributed by atoms with van der Waals surface area (Å²) >= 11 is 4.99. The van der Waals surface area contributed by atoms with E-state index in [-0.39, 0.29) is 11.6 Å². The van der Waals surface area contributed by atoms with Crippen molar-refractivity contribution in [2.45, 2.75) is 4.90 Å². The standard InChI is InChI=1S/C23H19BrN2O2S/c1-29-20-9-5-8-19(15-20)25-23(28)21(14-16-10-12-18(24)13-11-16)26-22(27)17-6-3-2-4-7-17/h2-15H,1H3,(H,25,28)(H,26,27)/b21-14-. The molecule has 0 aliphatic heterocycles. The SMILES string of the molecule is CSc1cccc(NC(=O)/C(=C/c2ccc(Br)cc2)NC(=O)c2ccccc2)c1. The maximum atomic E-state index is 12.9. The maximum absolute atomic E-state index is 12.9. The monoisotopic (exact) mass is 466 g/mol. The van der Waals surface area contributed by atoms with Crippen LogP contribution in [-0.4, -0.2) is 18.1 Å². The van der Waals surface area contributed by atoms with E-state index in [4.69, 9.17) is 0 Å². The van der Waals surface area contributed by atoms with Gasteiger partial charge in [0.2, 0.25) is 0 Å². The number of carbonyl (C=O) groups is 2. The Hall–Kier alpha value is -2.83. The number of hydrogen-bond acceptors (Lipinski definition) is 3. The van der Waals surface area contributed by atoms with Crippen molar-refractivity contribution in [2.75, 3.05) is 11.6 Å². The Morgan fingerprint density at radius 1 is 0.931 bits per heavy atom. The van der Waals surface area contributed by atoms with Crippen molar-refractivity contribution in [2.24, 2.45) is 0 Å². The second-order valence-electron chi connectivity index (χ2n) is 6.12. The summed E-state index contributed by atoms with van der Waals surface area (Å²) in [5, 5.41) is 5.60. The molecule has 0 atom stereocenters. The molecule has 0 aliphatic rings. The van der Waals surface area contributed by atoms with E-state index in [2.05, 4.69) is 26.6 Å². The number of carbonyl (C=O) groups excluding carboxylic acids is 2. The second kappa shape index (κ2) is 10.1. The van der Waals surface area contributed by atoms with Crippen molar-refractivity contribution >= 4 is 51.3 Å². The van der Waals surface area contributed by atoms with Crippen LogP contribution in [0.1, 0.15) is 15.9 Å². The van der Waals surface area contributed by atoms with Crippen LogP contribution in [0.15, 0.2) is 93.9 Å². The van der Waals surface area contributed by atoms with Crippen molar-refractivity contribution in [3.63, 3.8) is 0 Å². The highest BCUT2D eigenvalue weighted by Gasteiger charge is 2.15. The summed E-state index contributed by atoms with van der Waals surface area (Å²) in [6, 6.07) is 23.8. The van der Waals surface area contributed by atoms with Crippen LogP contribution in [0.5, 0.6) is 0 Å². The first-order chi connectivity index (χ1) is 14.0. The molecule has 2 N–H and O–H groups in total. The van der Waals surface area contributed by atoms with E-state index in [9.17, 15) is 9.59 Å². The zero-order valence-electron chi connectivity index (χ0n) is 15.7.